The van der Waals surface area contributed by atoms with E-state index in [2.05, 4.69) is 15.6 Å². The molecule has 0 radical (unpaired) electrons. The summed E-state index contributed by atoms with van der Waals surface area (Å²) < 4.78 is 63.5. The highest BCUT2D eigenvalue weighted by atomic mass is 32.2. The number of benzene rings is 1. The Hall–Kier alpha value is -2.18. The summed E-state index contributed by atoms with van der Waals surface area (Å²) in [7, 11) is -3.34. The molecule has 0 bridgehead atoms. The number of halogens is 3. The van der Waals surface area contributed by atoms with E-state index in [1.54, 1.807) is 0 Å². The van der Waals surface area contributed by atoms with Crippen LogP contribution < -0.4 is 10.6 Å². The maximum Gasteiger partial charge on any atom is 0.418 e. The molecule has 2 N–H and O–H groups in total. The molecule has 146 valence electrons. The largest absolute Gasteiger partial charge is 0.418 e. The molecule has 1 aromatic carbocycles. The minimum absolute atomic E-state index is 0.159. The van der Waals surface area contributed by atoms with Crippen LogP contribution in [0.15, 0.2) is 24.3 Å². The molecule has 3 rings (SSSR count). The van der Waals surface area contributed by atoms with Crippen LogP contribution in [0.1, 0.15) is 16.1 Å². The normalized spacial score (nSPS) is 15.3. The Morgan fingerprint density at radius 2 is 1.96 bits per heavy atom. The first-order valence-corrected chi connectivity index (χ1v) is 10.4. The number of sulfonamides is 1. The van der Waals surface area contributed by atoms with Crippen LogP contribution in [0.4, 0.5) is 28.8 Å². The number of aromatic nitrogens is 1. The van der Waals surface area contributed by atoms with Gasteiger partial charge in [-0.15, -0.1) is 0 Å². The summed E-state index contributed by atoms with van der Waals surface area (Å²) in [6.07, 6.45) is -3.08. The number of carbonyl (C=O) groups excluding carboxylic acids is 1. The first-order chi connectivity index (χ1) is 12.5. The maximum absolute atomic E-state index is 13.0. The van der Waals surface area contributed by atoms with Crippen LogP contribution in [0, 0.1) is 0 Å². The molecular weight excluding hydrogens is 405 g/mol. The summed E-state index contributed by atoms with van der Waals surface area (Å²) in [6.45, 7) is 0.451. The summed E-state index contributed by atoms with van der Waals surface area (Å²) in [5, 5.41) is 4.76. The lowest BCUT2D eigenvalue weighted by Gasteiger charge is -2.23. The number of carbonyl (C=O) groups is 1. The molecule has 0 spiro atoms. The molecule has 1 aromatic heterocycles. The summed E-state index contributed by atoms with van der Waals surface area (Å²) in [4.78, 5) is 17.0. The molecule has 1 aliphatic heterocycles. The highest BCUT2D eigenvalue weighted by Gasteiger charge is 2.33. The average molecular weight is 420 g/mol. The van der Waals surface area contributed by atoms with Crippen molar-refractivity contribution < 1.29 is 26.4 Å². The summed E-state index contributed by atoms with van der Waals surface area (Å²) in [6, 6.07) is 3.77. The number of nitrogens with one attached hydrogen (secondary N) is 2. The van der Waals surface area contributed by atoms with Crippen LogP contribution in [0.3, 0.4) is 0 Å². The van der Waals surface area contributed by atoms with Gasteiger partial charge in [-0.3, -0.25) is 5.32 Å². The highest BCUT2D eigenvalue weighted by Crippen LogP contribution is 2.35. The number of alkyl halides is 3. The van der Waals surface area contributed by atoms with Crippen molar-refractivity contribution in [1.29, 1.82) is 0 Å². The van der Waals surface area contributed by atoms with Crippen molar-refractivity contribution in [3.63, 3.8) is 0 Å². The number of hydrogen-bond acceptors (Lipinski definition) is 5. The zero-order chi connectivity index (χ0) is 19.8. The van der Waals surface area contributed by atoms with E-state index in [9.17, 15) is 26.4 Å². The fraction of sp³-hybridized carbons (Fsp3) is 0.333. The minimum atomic E-state index is -4.60. The van der Waals surface area contributed by atoms with Crippen LogP contribution in [-0.2, 0) is 29.2 Å². The van der Waals surface area contributed by atoms with Gasteiger partial charge in [0, 0.05) is 24.4 Å². The molecule has 2 amide bonds. The van der Waals surface area contributed by atoms with E-state index in [0.717, 1.165) is 29.7 Å². The Kier molecular flexibility index (Phi) is 5.14. The molecule has 0 atom stereocenters. The SMILES string of the molecule is CS(=O)(=O)N1CCc2nc(NC(=O)Nc3ccccc3C(F)(F)F)sc2C1. The first-order valence-electron chi connectivity index (χ1n) is 7.72. The number of nitrogens with zero attached hydrogens (tertiary/aromatic N) is 2. The summed E-state index contributed by atoms with van der Waals surface area (Å²) >= 11 is 1.09. The zero-order valence-corrected chi connectivity index (χ0v) is 15.6. The van der Waals surface area contributed by atoms with Crippen molar-refractivity contribution in [2.24, 2.45) is 0 Å². The highest BCUT2D eigenvalue weighted by molar-refractivity contribution is 7.88. The average Bonchev–Trinajstić information content (AvgIpc) is 2.94. The smallest absolute Gasteiger partial charge is 0.307 e. The number of urea groups is 1. The number of fused-ring (bicyclic) bond motifs is 1. The second-order valence-corrected chi connectivity index (χ2v) is 8.92. The second-order valence-electron chi connectivity index (χ2n) is 5.86. The standard InChI is InChI=1S/C15H15F3N4O3S2/c1-27(24,25)22-7-6-11-12(8-22)26-14(20-11)21-13(23)19-10-5-3-2-4-9(10)15(16,17)18/h2-5H,6-8H2,1H3,(H2,19,20,21,23). The van der Waals surface area contributed by atoms with Gasteiger partial charge in [-0.05, 0) is 12.1 Å². The van der Waals surface area contributed by atoms with Crippen molar-refractivity contribution in [3.05, 3.63) is 40.4 Å². The van der Waals surface area contributed by atoms with Gasteiger partial charge in [-0.1, -0.05) is 23.5 Å². The predicted octanol–water partition coefficient (Wildman–Crippen LogP) is 3.12. The molecule has 7 nitrogen and oxygen atoms in total. The Labute approximate surface area is 157 Å². The van der Waals surface area contributed by atoms with Gasteiger partial charge >= 0.3 is 12.2 Å². The first kappa shape index (κ1) is 19.6. The van der Waals surface area contributed by atoms with Crippen molar-refractivity contribution in [3.8, 4) is 0 Å². The molecule has 0 unspecified atom stereocenters. The molecule has 2 aromatic rings. The molecule has 12 heteroatoms. The predicted molar refractivity (Wildman–Crippen MR) is 95.2 cm³/mol. The van der Waals surface area contributed by atoms with Crippen molar-refractivity contribution in [2.45, 2.75) is 19.1 Å². The van der Waals surface area contributed by atoms with Gasteiger partial charge in [0.1, 0.15) is 0 Å². The van der Waals surface area contributed by atoms with E-state index in [1.165, 1.54) is 16.4 Å². The molecule has 0 fully saturated rings. The van der Waals surface area contributed by atoms with Gasteiger partial charge in [0.15, 0.2) is 5.13 Å². The number of amides is 2. The number of anilines is 2. The van der Waals surface area contributed by atoms with E-state index in [4.69, 9.17) is 0 Å². The lowest BCUT2D eigenvalue weighted by molar-refractivity contribution is -0.136. The fourth-order valence-electron chi connectivity index (χ4n) is 2.60. The number of hydrogen-bond donors (Lipinski definition) is 2. The third kappa shape index (κ3) is 4.57. The van der Waals surface area contributed by atoms with Gasteiger partial charge in [0.05, 0.1) is 23.2 Å². The quantitative estimate of drug-likeness (QED) is 0.798. The van der Waals surface area contributed by atoms with E-state index in [0.29, 0.717) is 23.5 Å². The molecule has 2 heterocycles. The molecule has 1 aliphatic rings. The number of rotatable bonds is 3. The van der Waals surface area contributed by atoms with Crippen LogP contribution in [0.25, 0.3) is 0 Å². The lowest BCUT2D eigenvalue weighted by atomic mass is 10.1. The lowest BCUT2D eigenvalue weighted by Crippen LogP contribution is -2.34. The van der Waals surface area contributed by atoms with Gasteiger partial charge in [0.25, 0.3) is 0 Å². The third-order valence-corrected chi connectivity index (χ3v) is 6.11. The molecule has 0 saturated carbocycles. The van der Waals surface area contributed by atoms with Crippen molar-refractivity contribution in [2.75, 3.05) is 23.4 Å². The van der Waals surface area contributed by atoms with E-state index in [-0.39, 0.29) is 17.4 Å². The maximum atomic E-state index is 13.0. The van der Waals surface area contributed by atoms with E-state index >= 15 is 0 Å². The zero-order valence-electron chi connectivity index (χ0n) is 14.0. The third-order valence-electron chi connectivity index (χ3n) is 3.87. The monoisotopic (exact) mass is 420 g/mol. The Morgan fingerprint density at radius 3 is 2.63 bits per heavy atom. The van der Waals surface area contributed by atoms with E-state index < -0.39 is 27.8 Å². The van der Waals surface area contributed by atoms with Gasteiger partial charge in [-0.2, -0.15) is 17.5 Å². The Balaban J connectivity index is 1.71. The number of para-hydroxylation sites is 1. The Bertz CT molecular complexity index is 973. The van der Waals surface area contributed by atoms with Gasteiger partial charge in [-0.25, -0.2) is 18.2 Å². The molecule has 0 aliphatic carbocycles. The minimum Gasteiger partial charge on any atom is -0.307 e. The van der Waals surface area contributed by atoms with E-state index in [1.807, 2.05) is 0 Å². The van der Waals surface area contributed by atoms with Crippen LogP contribution in [0.5, 0.6) is 0 Å². The second kappa shape index (κ2) is 7.09. The van der Waals surface area contributed by atoms with Crippen LogP contribution in [-0.4, -0.2) is 36.5 Å². The van der Waals surface area contributed by atoms with Gasteiger partial charge < -0.3 is 5.32 Å². The van der Waals surface area contributed by atoms with Crippen LogP contribution in [0.2, 0.25) is 0 Å². The van der Waals surface area contributed by atoms with Crippen LogP contribution >= 0.6 is 11.3 Å². The fourth-order valence-corrected chi connectivity index (χ4v) is 4.49. The number of thiazole rings is 1. The van der Waals surface area contributed by atoms with Crippen molar-refractivity contribution in [1.82, 2.24) is 9.29 Å². The summed E-state index contributed by atoms with van der Waals surface area (Å²) in [5.74, 6) is 0. The molecular formula is C15H15F3N4O3S2. The van der Waals surface area contributed by atoms with Crippen molar-refractivity contribution >= 4 is 38.2 Å². The van der Waals surface area contributed by atoms with Gasteiger partial charge in [0.2, 0.25) is 10.0 Å². The Morgan fingerprint density at radius 1 is 1.26 bits per heavy atom. The molecule has 0 saturated heterocycles. The molecule has 27 heavy (non-hydrogen) atoms. The summed E-state index contributed by atoms with van der Waals surface area (Å²) in [5.41, 5.74) is -0.652. The topological polar surface area (TPSA) is 91.4 Å².